The number of benzene rings is 3. The van der Waals surface area contributed by atoms with Gasteiger partial charge in [-0.1, -0.05) is 71.9 Å². The van der Waals surface area contributed by atoms with Gasteiger partial charge in [-0.05, 0) is 61.7 Å². The van der Waals surface area contributed by atoms with Crippen molar-refractivity contribution < 1.29 is 8.42 Å². The molecule has 0 aliphatic heterocycles. The van der Waals surface area contributed by atoms with Crippen LogP contribution in [0.3, 0.4) is 0 Å². The standard InChI is InChI=1S/C25H25ClN4O2S2/c1-17-9-7-8-10-20(17)16-33-25-28-27-24(30(25)23-15-21(26)14-13-18(23)2)19(3)29-34(31,32)22-11-5-4-6-12-22/h4-15,19,29H,16H2,1-3H3. The van der Waals surface area contributed by atoms with Crippen molar-refractivity contribution in [3.05, 3.63) is 100 Å². The molecule has 0 aliphatic carbocycles. The Bertz CT molecular complexity index is 1410. The Labute approximate surface area is 209 Å². The molecule has 34 heavy (non-hydrogen) atoms. The van der Waals surface area contributed by atoms with Gasteiger partial charge in [0.1, 0.15) is 0 Å². The molecule has 0 radical (unpaired) electrons. The van der Waals surface area contributed by atoms with E-state index in [-0.39, 0.29) is 4.90 Å². The van der Waals surface area contributed by atoms with Crippen LogP contribution in [0.15, 0.2) is 82.8 Å². The highest BCUT2D eigenvalue weighted by Crippen LogP contribution is 2.31. The first kappa shape index (κ1) is 24.5. The molecule has 0 saturated heterocycles. The van der Waals surface area contributed by atoms with Crippen molar-refractivity contribution in [2.45, 2.75) is 42.6 Å². The highest BCUT2D eigenvalue weighted by Gasteiger charge is 2.25. The minimum absolute atomic E-state index is 0.195. The number of hydrogen-bond acceptors (Lipinski definition) is 5. The SMILES string of the molecule is Cc1ccccc1CSc1nnc(C(C)NS(=O)(=O)c2ccccc2)n1-c1cc(Cl)ccc1C. The van der Waals surface area contributed by atoms with Gasteiger partial charge in [-0.2, -0.15) is 0 Å². The van der Waals surface area contributed by atoms with E-state index in [0.29, 0.717) is 21.8 Å². The van der Waals surface area contributed by atoms with Crippen LogP contribution in [0.1, 0.15) is 35.5 Å². The quantitative estimate of drug-likeness (QED) is 0.299. The second-order valence-electron chi connectivity index (χ2n) is 7.98. The van der Waals surface area contributed by atoms with Gasteiger partial charge in [0.25, 0.3) is 0 Å². The molecular formula is C25H25ClN4O2S2. The van der Waals surface area contributed by atoms with E-state index in [1.807, 2.05) is 41.8 Å². The minimum Gasteiger partial charge on any atom is -0.272 e. The lowest BCUT2D eigenvalue weighted by molar-refractivity contribution is 0.556. The van der Waals surface area contributed by atoms with Crippen LogP contribution in [-0.4, -0.2) is 23.2 Å². The van der Waals surface area contributed by atoms with Crippen LogP contribution in [0.2, 0.25) is 5.02 Å². The summed E-state index contributed by atoms with van der Waals surface area (Å²) in [5, 5.41) is 10.1. The van der Waals surface area contributed by atoms with Gasteiger partial charge in [0.15, 0.2) is 11.0 Å². The molecule has 176 valence electrons. The van der Waals surface area contributed by atoms with E-state index in [1.165, 1.54) is 11.1 Å². The zero-order valence-corrected chi connectivity index (χ0v) is 21.5. The summed E-state index contributed by atoms with van der Waals surface area (Å²) in [7, 11) is -3.74. The Hall–Kier alpha value is -2.65. The maximum absolute atomic E-state index is 12.9. The van der Waals surface area contributed by atoms with Gasteiger partial charge < -0.3 is 0 Å². The van der Waals surface area contributed by atoms with Crippen LogP contribution in [0.5, 0.6) is 0 Å². The second-order valence-corrected chi connectivity index (χ2v) is 11.1. The fraction of sp³-hybridized carbons (Fsp3) is 0.200. The summed E-state index contributed by atoms with van der Waals surface area (Å²) in [6, 6.07) is 21.4. The minimum atomic E-state index is -3.74. The molecule has 0 spiro atoms. The van der Waals surface area contributed by atoms with E-state index >= 15 is 0 Å². The number of nitrogens with one attached hydrogen (secondary N) is 1. The Morgan fingerprint density at radius 3 is 2.41 bits per heavy atom. The predicted molar refractivity (Wildman–Crippen MR) is 137 cm³/mol. The molecule has 6 nitrogen and oxygen atoms in total. The first-order valence-electron chi connectivity index (χ1n) is 10.7. The molecule has 4 rings (SSSR count). The molecule has 9 heteroatoms. The average molecular weight is 513 g/mol. The summed E-state index contributed by atoms with van der Waals surface area (Å²) in [5.41, 5.74) is 4.18. The van der Waals surface area contributed by atoms with Gasteiger partial charge in [0.05, 0.1) is 16.6 Å². The van der Waals surface area contributed by atoms with Crippen molar-refractivity contribution in [2.75, 3.05) is 0 Å². The van der Waals surface area contributed by atoms with Crippen molar-refractivity contribution in [1.82, 2.24) is 19.5 Å². The number of thioether (sulfide) groups is 1. The molecule has 3 aromatic carbocycles. The number of aryl methyl sites for hydroxylation is 2. The van der Waals surface area contributed by atoms with E-state index in [9.17, 15) is 8.42 Å². The molecule has 4 aromatic rings. The van der Waals surface area contributed by atoms with Crippen LogP contribution < -0.4 is 4.72 Å². The van der Waals surface area contributed by atoms with E-state index in [4.69, 9.17) is 11.6 Å². The molecular weight excluding hydrogens is 488 g/mol. The van der Waals surface area contributed by atoms with E-state index < -0.39 is 16.1 Å². The van der Waals surface area contributed by atoms with Crippen molar-refractivity contribution in [1.29, 1.82) is 0 Å². The number of rotatable bonds is 8. The third kappa shape index (κ3) is 5.36. The van der Waals surface area contributed by atoms with Crippen molar-refractivity contribution in [2.24, 2.45) is 0 Å². The summed E-state index contributed by atoms with van der Waals surface area (Å²) < 4.78 is 30.5. The Balaban J connectivity index is 1.72. The summed E-state index contributed by atoms with van der Waals surface area (Å²) in [5.74, 6) is 1.19. The lowest BCUT2D eigenvalue weighted by atomic mass is 10.1. The molecule has 1 atom stereocenters. The monoisotopic (exact) mass is 512 g/mol. The van der Waals surface area contributed by atoms with Crippen LogP contribution in [0.4, 0.5) is 0 Å². The highest BCUT2D eigenvalue weighted by atomic mass is 35.5. The molecule has 0 saturated carbocycles. The topological polar surface area (TPSA) is 76.9 Å². The highest BCUT2D eigenvalue weighted by molar-refractivity contribution is 7.98. The predicted octanol–water partition coefficient (Wildman–Crippen LogP) is 5.87. The fourth-order valence-electron chi connectivity index (χ4n) is 3.57. The summed E-state index contributed by atoms with van der Waals surface area (Å²) in [6.07, 6.45) is 0. The molecule has 1 aromatic heterocycles. The normalized spacial score (nSPS) is 12.6. The maximum atomic E-state index is 12.9. The number of halogens is 1. The van der Waals surface area contributed by atoms with Gasteiger partial charge in [-0.3, -0.25) is 4.57 Å². The number of aromatic nitrogens is 3. The van der Waals surface area contributed by atoms with Gasteiger partial charge in [-0.25, -0.2) is 13.1 Å². The molecule has 0 fully saturated rings. The Morgan fingerprint density at radius 2 is 1.68 bits per heavy atom. The molecule has 0 amide bonds. The van der Waals surface area contributed by atoms with Crippen molar-refractivity contribution >= 4 is 33.4 Å². The molecule has 1 unspecified atom stereocenters. The first-order valence-corrected chi connectivity index (χ1v) is 13.6. The zero-order chi connectivity index (χ0) is 24.3. The Morgan fingerprint density at radius 1 is 0.971 bits per heavy atom. The third-order valence-corrected chi connectivity index (χ3v) is 8.23. The molecule has 0 bridgehead atoms. The zero-order valence-electron chi connectivity index (χ0n) is 19.1. The van der Waals surface area contributed by atoms with Crippen molar-refractivity contribution in [3.63, 3.8) is 0 Å². The number of hydrogen-bond donors (Lipinski definition) is 1. The van der Waals surface area contributed by atoms with Crippen LogP contribution >= 0.6 is 23.4 Å². The van der Waals surface area contributed by atoms with Gasteiger partial charge >= 0.3 is 0 Å². The molecule has 0 aliphatic rings. The van der Waals surface area contributed by atoms with Gasteiger partial charge in [0, 0.05) is 10.8 Å². The lowest BCUT2D eigenvalue weighted by Gasteiger charge is -2.18. The second kappa shape index (κ2) is 10.3. The largest absolute Gasteiger partial charge is 0.272 e. The maximum Gasteiger partial charge on any atom is 0.241 e. The van der Waals surface area contributed by atoms with E-state index in [0.717, 1.165) is 11.3 Å². The van der Waals surface area contributed by atoms with Gasteiger partial charge in [-0.15, -0.1) is 10.2 Å². The van der Waals surface area contributed by atoms with Crippen LogP contribution in [0.25, 0.3) is 5.69 Å². The Kier molecular flexibility index (Phi) is 7.42. The van der Waals surface area contributed by atoms with Gasteiger partial charge in [0.2, 0.25) is 10.0 Å². The summed E-state index contributed by atoms with van der Waals surface area (Å²) in [6.45, 7) is 5.81. The summed E-state index contributed by atoms with van der Waals surface area (Å²) in [4.78, 5) is 0.195. The lowest BCUT2D eigenvalue weighted by Crippen LogP contribution is -2.29. The molecule has 1 heterocycles. The van der Waals surface area contributed by atoms with Crippen molar-refractivity contribution in [3.8, 4) is 5.69 Å². The fourth-order valence-corrected chi connectivity index (χ4v) is 5.99. The number of sulfonamides is 1. The molecule has 1 N–H and O–H groups in total. The first-order chi connectivity index (χ1) is 16.3. The smallest absolute Gasteiger partial charge is 0.241 e. The van der Waals surface area contributed by atoms with E-state index in [1.54, 1.807) is 49.0 Å². The van der Waals surface area contributed by atoms with Crippen LogP contribution in [-0.2, 0) is 15.8 Å². The van der Waals surface area contributed by atoms with Crippen LogP contribution in [0, 0.1) is 13.8 Å². The number of nitrogens with zero attached hydrogens (tertiary/aromatic N) is 3. The third-order valence-electron chi connectivity index (χ3n) is 5.46. The average Bonchev–Trinajstić information content (AvgIpc) is 3.24. The summed E-state index contributed by atoms with van der Waals surface area (Å²) >= 11 is 7.87. The van der Waals surface area contributed by atoms with E-state index in [2.05, 4.69) is 34.0 Å².